The fourth-order valence-corrected chi connectivity index (χ4v) is 3.71. The molecule has 1 aromatic heterocycles. The lowest BCUT2D eigenvalue weighted by atomic mass is 10.1. The number of ether oxygens (including phenoxy) is 1. The molecular formula is C18H17N3O2S2. The molecule has 5 nitrogen and oxygen atoms in total. The number of rotatable bonds is 3. The lowest BCUT2D eigenvalue weighted by Crippen LogP contribution is -2.34. The van der Waals surface area contributed by atoms with Crippen molar-refractivity contribution in [2.45, 2.75) is 13.8 Å². The van der Waals surface area contributed by atoms with E-state index < -0.39 is 0 Å². The maximum Gasteiger partial charge on any atom is 0.261 e. The number of fused-ring (bicyclic) bond motifs is 1. The second kappa shape index (κ2) is 7.16. The molecule has 0 aliphatic rings. The summed E-state index contributed by atoms with van der Waals surface area (Å²) in [7, 11) is 1.54. The molecule has 0 aliphatic heterocycles. The van der Waals surface area contributed by atoms with Crippen molar-refractivity contribution in [1.82, 2.24) is 10.3 Å². The van der Waals surface area contributed by atoms with E-state index in [9.17, 15) is 4.79 Å². The number of methoxy groups -OCH3 is 1. The van der Waals surface area contributed by atoms with Gasteiger partial charge in [0.25, 0.3) is 5.91 Å². The van der Waals surface area contributed by atoms with Crippen LogP contribution in [0.3, 0.4) is 0 Å². The van der Waals surface area contributed by atoms with Gasteiger partial charge in [-0.05, 0) is 55.4 Å². The van der Waals surface area contributed by atoms with E-state index >= 15 is 0 Å². The highest BCUT2D eigenvalue weighted by molar-refractivity contribution is 7.80. The van der Waals surface area contributed by atoms with Gasteiger partial charge in [-0.3, -0.25) is 10.1 Å². The predicted octanol–water partition coefficient (Wildman–Crippen LogP) is 4.05. The van der Waals surface area contributed by atoms with E-state index in [0.717, 1.165) is 15.8 Å². The van der Waals surface area contributed by atoms with Gasteiger partial charge in [0.15, 0.2) is 10.2 Å². The first kappa shape index (κ1) is 17.3. The van der Waals surface area contributed by atoms with E-state index in [1.54, 1.807) is 19.2 Å². The first-order chi connectivity index (χ1) is 12.0. The number of thiocarbonyl (C=S) groups is 1. The third-order valence-electron chi connectivity index (χ3n) is 3.65. The number of amides is 1. The number of nitrogens with one attached hydrogen (secondary N) is 2. The summed E-state index contributed by atoms with van der Waals surface area (Å²) in [6.45, 7) is 3.92. The first-order valence-corrected chi connectivity index (χ1v) is 8.83. The number of carbonyl (C=O) groups is 1. The topological polar surface area (TPSA) is 63.2 Å². The number of aromatic nitrogens is 1. The Kier molecular flexibility index (Phi) is 4.96. The Morgan fingerprint density at radius 2 is 2.04 bits per heavy atom. The molecule has 0 fully saturated rings. The van der Waals surface area contributed by atoms with Crippen molar-refractivity contribution in [3.8, 4) is 5.75 Å². The zero-order valence-corrected chi connectivity index (χ0v) is 15.7. The number of hydrogen-bond donors (Lipinski definition) is 2. The Balaban J connectivity index is 1.73. The summed E-state index contributed by atoms with van der Waals surface area (Å²) >= 11 is 6.72. The van der Waals surface area contributed by atoms with Crippen LogP contribution < -0.4 is 15.4 Å². The number of hydrogen-bond acceptors (Lipinski definition) is 5. The van der Waals surface area contributed by atoms with Gasteiger partial charge in [0, 0.05) is 0 Å². The number of carbonyl (C=O) groups excluding carboxylic acids is 1. The van der Waals surface area contributed by atoms with Crippen LogP contribution in [-0.2, 0) is 0 Å². The van der Waals surface area contributed by atoms with Crippen LogP contribution >= 0.6 is 23.6 Å². The molecule has 0 radical (unpaired) electrons. The molecule has 1 amide bonds. The van der Waals surface area contributed by atoms with Crippen LogP contribution in [0.25, 0.3) is 10.2 Å². The van der Waals surface area contributed by atoms with Crippen molar-refractivity contribution < 1.29 is 9.53 Å². The number of nitrogens with zero attached hydrogens (tertiary/aromatic N) is 1. The average molecular weight is 371 g/mol. The van der Waals surface area contributed by atoms with Gasteiger partial charge < -0.3 is 10.1 Å². The summed E-state index contributed by atoms with van der Waals surface area (Å²) in [5.74, 6) is 0.216. The monoisotopic (exact) mass is 371 g/mol. The molecule has 0 spiro atoms. The SMILES string of the molecule is COc1c(C)cccc1C(=O)NC(=S)Nc1nc2ccc(C)cc2s1. The van der Waals surface area contributed by atoms with E-state index in [-0.39, 0.29) is 11.0 Å². The molecular weight excluding hydrogens is 354 g/mol. The van der Waals surface area contributed by atoms with Gasteiger partial charge in [-0.25, -0.2) is 4.98 Å². The van der Waals surface area contributed by atoms with Crippen LogP contribution in [0.2, 0.25) is 0 Å². The summed E-state index contributed by atoms with van der Waals surface area (Å²) in [5.41, 5.74) is 3.39. The van der Waals surface area contributed by atoms with Gasteiger partial charge in [-0.2, -0.15) is 0 Å². The third kappa shape index (κ3) is 3.78. The largest absolute Gasteiger partial charge is 0.496 e. The zero-order chi connectivity index (χ0) is 18.0. The molecule has 3 rings (SSSR count). The Morgan fingerprint density at radius 3 is 2.80 bits per heavy atom. The van der Waals surface area contributed by atoms with Gasteiger partial charge >= 0.3 is 0 Å². The standard InChI is InChI=1S/C18H17N3O2S2/c1-10-7-8-13-14(9-10)25-18(19-13)21-17(24)20-16(22)12-6-4-5-11(2)15(12)23-3/h4-9H,1-3H3,(H2,19,20,21,22,24). The fraction of sp³-hybridized carbons (Fsp3) is 0.167. The van der Waals surface area contributed by atoms with Crippen LogP contribution in [0.4, 0.5) is 5.13 Å². The zero-order valence-electron chi connectivity index (χ0n) is 14.0. The molecule has 0 atom stereocenters. The lowest BCUT2D eigenvalue weighted by molar-refractivity contribution is 0.0974. The molecule has 0 bridgehead atoms. The molecule has 0 saturated carbocycles. The van der Waals surface area contributed by atoms with Crippen LogP contribution in [0.5, 0.6) is 5.75 Å². The van der Waals surface area contributed by atoms with Crippen molar-refractivity contribution in [2.24, 2.45) is 0 Å². The van der Waals surface area contributed by atoms with Crippen molar-refractivity contribution >= 4 is 49.9 Å². The summed E-state index contributed by atoms with van der Waals surface area (Å²) in [6, 6.07) is 11.4. The highest BCUT2D eigenvalue weighted by Crippen LogP contribution is 2.27. The Morgan fingerprint density at radius 1 is 1.24 bits per heavy atom. The first-order valence-electron chi connectivity index (χ1n) is 7.61. The van der Waals surface area contributed by atoms with Gasteiger partial charge in [0.2, 0.25) is 0 Å². The Hall–Kier alpha value is -2.51. The number of aryl methyl sites for hydroxylation is 2. The van der Waals surface area contributed by atoms with E-state index in [0.29, 0.717) is 16.4 Å². The van der Waals surface area contributed by atoms with Crippen LogP contribution in [-0.4, -0.2) is 23.1 Å². The van der Waals surface area contributed by atoms with Crippen LogP contribution in [0, 0.1) is 13.8 Å². The van der Waals surface area contributed by atoms with Crippen molar-refractivity contribution in [3.63, 3.8) is 0 Å². The van der Waals surface area contributed by atoms with Gasteiger partial charge in [-0.1, -0.05) is 29.5 Å². The minimum absolute atomic E-state index is 0.198. The molecule has 7 heteroatoms. The second-order valence-corrected chi connectivity index (χ2v) is 6.99. The third-order valence-corrected chi connectivity index (χ3v) is 4.79. The van der Waals surface area contributed by atoms with Crippen LogP contribution in [0.1, 0.15) is 21.5 Å². The number of benzene rings is 2. The molecule has 128 valence electrons. The van der Waals surface area contributed by atoms with Crippen molar-refractivity contribution in [2.75, 3.05) is 12.4 Å². The highest BCUT2D eigenvalue weighted by Gasteiger charge is 2.15. The minimum atomic E-state index is -0.324. The number of thiazole rings is 1. The molecule has 0 saturated heterocycles. The van der Waals surface area contributed by atoms with Crippen LogP contribution in [0.15, 0.2) is 36.4 Å². The highest BCUT2D eigenvalue weighted by atomic mass is 32.1. The lowest BCUT2D eigenvalue weighted by Gasteiger charge is -2.12. The molecule has 0 aliphatic carbocycles. The number of anilines is 1. The van der Waals surface area contributed by atoms with Gasteiger partial charge in [-0.15, -0.1) is 0 Å². The molecule has 2 aromatic carbocycles. The quantitative estimate of drug-likeness (QED) is 0.680. The Labute approximate surface area is 155 Å². The van der Waals surface area contributed by atoms with E-state index in [2.05, 4.69) is 21.7 Å². The summed E-state index contributed by atoms with van der Waals surface area (Å²) in [6.07, 6.45) is 0. The molecule has 1 heterocycles. The number of para-hydroxylation sites is 1. The normalized spacial score (nSPS) is 10.5. The maximum absolute atomic E-state index is 12.5. The predicted molar refractivity (Wildman–Crippen MR) is 106 cm³/mol. The van der Waals surface area contributed by atoms with Crippen molar-refractivity contribution in [1.29, 1.82) is 0 Å². The summed E-state index contributed by atoms with van der Waals surface area (Å²) in [5, 5.41) is 6.48. The van der Waals surface area contributed by atoms with E-state index in [1.165, 1.54) is 16.9 Å². The Bertz CT molecular complexity index is 966. The molecule has 2 N–H and O–H groups in total. The smallest absolute Gasteiger partial charge is 0.261 e. The fourth-order valence-electron chi connectivity index (χ4n) is 2.49. The summed E-state index contributed by atoms with van der Waals surface area (Å²) in [4.78, 5) is 16.9. The van der Waals surface area contributed by atoms with Gasteiger partial charge in [0.05, 0.1) is 22.9 Å². The van der Waals surface area contributed by atoms with Gasteiger partial charge in [0.1, 0.15) is 5.75 Å². The van der Waals surface area contributed by atoms with Crippen molar-refractivity contribution in [3.05, 3.63) is 53.1 Å². The van der Waals surface area contributed by atoms with E-state index in [1.807, 2.05) is 32.0 Å². The molecule has 0 unspecified atom stereocenters. The average Bonchev–Trinajstić information content (AvgIpc) is 2.95. The summed E-state index contributed by atoms with van der Waals surface area (Å²) < 4.78 is 6.38. The molecule has 25 heavy (non-hydrogen) atoms. The maximum atomic E-state index is 12.5. The molecule has 3 aromatic rings. The minimum Gasteiger partial charge on any atom is -0.496 e. The van der Waals surface area contributed by atoms with E-state index in [4.69, 9.17) is 17.0 Å². The second-order valence-electron chi connectivity index (χ2n) is 5.55.